The molecule has 1 aliphatic heterocycles. The van der Waals surface area contributed by atoms with E-state index in [1.165, 1.54) is 0 Å². The average molecular weight is 300 g/mol. The molecule has 0 amide bonds. The van der Waals surface area contributed by atoms with Gasteiger partial charge in [0.2, 0.25) is 5.43 Å². The van der Waals surface area contributed by atoms with E-state index >= 15 is 0 Å². The third-order valence-electron chi connectivity index (χ3n) is 3.27. The van der Waals surface area contributed by atoms with Crippen LogP contribution in [0.25, 0.3) is 0 Å². The Morgan fingerprint density at radius 1 is 1.35 bits per heavy atom. The first-order chi connectivity index (χ1) is 8.04. The van der Waals surface area contributed by atoms with Crippen molar-refractivity contribution in [1.82, 2.24) is 4.57 Å². The van der Waals surface area contributed by atoms with Gasteiger partial charge in [0, 0.05) is 17.9 Å². The number of pyridine rings is 1. The standard InChI is InChI=1S/C12H14BrNO3/c1-7-10(13)11(15)9(12(16)17)8-5-3-2-4-6-14(7)8/h2-6H2,1H3,(H,16,17). The summed E-state index contributed by atoms with van der Waals surface area (Å²) in [6, 6.07) is 0. The molecule has 92 valence electrons. The second kappa shape index (κ2) is 4.64. The summed E-state index contributed by atoms with van der Waals surface area (Å²) in [6.07, 6.45) is 3.72. The molecule has 0 atom stereocenters. The predicted octanol–water partition coefficient (Wildman–Crippen LogP) is 2.34. The molecule has 0 spiro atoms. The highest BCUT2D eigenvalue weighted by atomic mass is 79.9. The summed E-state index contributed by atoms with van der Waals surface area (Å²) in [7, 11) is 0. The lowest BCUT2D eigenvalue weighted by atomic mass is 10.1. The SMILES string of the molecule is Cc1c(Br)c(=O)c(C(=O)O)c2n1CCCCC2. The lowest BCUT2D eigenvalue weighted by Gasteiger charge is -2.17. The number of nitrogens with zero attached hydrogens (tertiary/aromatic N) is 1. The molecule has 0 saturated heterocycles. The van der Waals surface area contributed by atoms with Gasteiger partial charge in [0.15, 0.2) is 0 Å². The van der Waals surface area contributed by atoms with E-state index in [1.54, 1.807) is 0 Å². The molecule has 0 radical (unpaired) electrons. The van der Waals surface area contributed by atoms with E-state index in [0.717, 1.165) is 31.5 Å². The molecule has 4 nitrogen and oxygen atoms in total. The van der Waals surface area contributed by atoms with E-state index in [2.05, 4.69) is 15.9 Å². The minimum Gasteiger partial charge on any atom is -0.477 e. The second-order valence-electron chi connectivity index (χ2n) is 4.32. The molecule has 0 aromatic carbocycles. The highest BCUT2D eigenvalue weighted by Gasteiger charge is 2.23. The Morgan fingerprint density at radius 3 is 2.71 bits per heavy atom. The normalized spacial score (nSPS) is 15.2. The van der Waals surface area contributed by atoms with Crippen molar-refractivity contribution < 1.29 is 9.90 Å². The third-order valence-corrected chi connectivity index (χ3v) is 4.21. The summed E-state index contributed by atoms with van der Waals surface area (Å²) in [5, 5.41) is 9.19. The Bertz CT molecular complexity index is 534. The number of aromatic carboxylic acids is 1. The molecule has 5 heteroatoms. The number of halogens is 1. The maximum Gasteiger partial charge on any atom is 0.341 e. The zero-order valence-electron chi connectivity index (χ0n) is 9.62. The molecule has 1 aromatic rings. The molecular formula is C12H14BrNO3. The first-order valence-electron chi connectivity index (χ1n) is 5.69. The van der Waals surface area contributed by atoms with Crippen LogP contribution in [0.3, 0.4) is 0 Å². The van der Waals surface area contributed by atoms with Gasteiger partial charge in [0.05, 0.1) is 4.47 Å². The highest BCUT2D eigenvalue weighted by Crippen LogP contribution is 2.22. The molecule has 1 aliphatic rings. The van der Waals surface area contributed by atoms with Crippen molar-refractivity contribution in [2.45, 2.75) is 39.2 Å². The molecule has 17 heavy (non-hydrogen) atoms. The first kappa shape index (κ1) is 12.4. The van der Waals surface area contributed by atoms with E-state index in [1.807, 2.05) is 11.5 Å². The molecule has 1 aromatic heterocycles. The molecular weight excluding hydrogens is 286 g/mol. The van der Waals surface area contributed by atoms with Crippen LogP contribution in [-0.2, 0) is 13.0 Å². The minimum absolute atomic E-state index is 0.0654. The molecule has 0 aliphatic carbocycles. The van der Waals surface area contributed by atoms with Gasteiger partial charge in [-0.1, -0.05) is 6.42 Å². The fourth-order valence-electron chi connectivity index (χ4n) is 2.38. The monoisotopic (exact) mass is 299 g/mol. The van der Waals surface area contributed by atoms with Gasteiger partial charge in [-0.05, 0) is 42.1 Å². The maximum atomic E-state index is 12.0. The van der Waals surface area contributed by atoms with Gasteiger partial charge in [0.1, 0.15) is 5.56 Å². The number of carboxylic acids is 1. The zero-order chi connectivity index (χ0) is 12.6. The highest BCUT2D eigenvalue weighted by molar-refractivity contribution is 9.10. The quantitative estimate of drug-likeness (QED) is 0.866. The van der Waals surface area contributed by atoms with E-state index in [9.17, 15) is 14.7 Å². The van der Waals surface area contributed by atoms with Gasteiger partial charge in [0.25, 0.3) is 0 Å². The van der Waals surface area contributed by atoms with Crippen molar-refractivity contribution in [2.75, 3.05) is 0 Å². The van der Waals surface area contributed by atoms with Gasteiger partial charge in [-0.25, -0.2) is 4.79 Å². The van der Waals surface area contributed by atoms with E-state index in [4.69, 9.17) is 0 Å². The summed E-state index contributed by atoms with van der Waals surface area (Å²) < 4.78 is 2.35. The molecule has 2 rings (SSSR count). The van der Waals surface area contributed by atoms with Gasteiger partial charge in [-0.3, -0.25) is 4.79 Å². The Hall–Kier alpha value is -1.10. The van der Waals surface area contributed by atoms with Gasteiger partial charge in [-0.2, -0.15) is 0 Å². The van der Waals surface area contributed by atoms with E-state index in [0.29, 0.717) is 16.6 Å². The van der Waals surface area contributed by atoms with Crippen molar-refractivity contribution in [3.63, 3.8) is 0 Å². The van der Waals surface area contributed by atoms with Crippen LogP contribution < -0.4 is 5.43 Å². The smallest absolute Gasteiger partial charge is 0.341 e. The van der Waals surface area contributed by atoms with E-state index < -0.39 is 11.4 Å². The zero-order valence-corrected chi connectivity index (χ0v) is 11.2. The Kier molecular flexibility index (Phi) is 3.38. The summed E-state index contributed by atoms with van der Waals surface area (Å²) >= 11 is 3.21. The topological polar surface area (TPSA) is 59.3 Å². The molecule has 2 heterocycles. The lowest BCUT2D eigenvalue weighted by Crippen LogP contribution is -2.25. The number of carbonyl (C=O) groups is 1. The molecule has 1 N–H and O–H groups in total. The molecule has 0 saturated carbocycles. The number of hydrogen-bond acceptors (Lipinski definition) is 2. The van der Waals surface area contributed by atoms with Gasteiger partial charge < -0.3 is 9.67 Å². The Morgan fingerprint density at radius 2 is 2.06 bits per heavy atom. The predicted molar refractivity (Wildman–Crippen MR) is 67.7 cm³/mol. The van der Waals surface area contributed by atoms with Crippen molar-refractivity contribution in [3.8, 4) is 0 Å². The fraction of sp³-hybridized carbons (Fsp3) is 0.500. The van der Waals surface area contributed by atoms with Crippen LogP contribution >= 0.6 is 15.9 Å². The van der Waals surface area contributed by atoms with Crippen LogP contribution in [0.15, 0.2) is 9.27 Å². The second-order valence-corrected chi connectivity index (χ2v) is 5.11. The van der Waals surface area contributed by atoms with Crippen LogP contribution in [-0.4, -0.2) is 15.6 Å². The largest absolute Gasteiger partial charge is 0.477 e. The lowest BCUT2D eigenvalue weighted by molar-refractivity contribution is 0.0693. The van der Waals surface area contributed by atoms with Crippen molar-refractivity contribution in [3.05, 3.63) is 31.6 Å². The minimum atomic E-state index is -1.12. The number of hydrogen-bond donors (Lipinski definition) is 1. The van der Waals surface area contributed by atoms with E-state index in [-0.39, 0.29) is 5.56 Å². The Balaban J connectivity index is 2.80. The van der Waals surface area contributed by atoms with Crippen molar-refractivity contribution in [1.29, 1.82) is 0 Å². The van der Waals surface area contributed by atoms with Crippen LogP contribution in [0.1, 0.15) is 41.0 Å². The third kappa shape index (κ3) is 2.04. The summed E-state index contributed by atoms with van der Waals surface area (Å²) in [5.41, 5.74) is 1.05. The van der Waals surface area contributed by atoms with Crippen molar-refractivity contribution in [2.24, 2.45) is 0 Å². The molecule has 0 unspecified atom stereocenters. The van der Waals surface area contributed by atoms with Gasteiger partial charge in [-0.15, -0.1) is 0 Å². The molecule has 0 fully saturated rings. The summed E-state index contributed by atoms with van der Waals surface area (Å²) in [4.78, 5) is 23.2. The first-order valence-corrected chi connectivity index (χ1v) is 6.48. The number of rotatable bonds is 1. The average Bonchev–Trinajstić information content (AvgIpc) is 2.51. The van der Waals surface area contributed by atoms with Crippen LogP contribution in [0, 0.1) is 6.92 Å². The van der Waals surface area contributed by atoms with Crippen LogP contribution in [0.2, 0.25) is 0 Å². The maximum absolute atomic E-state index is 12.0. The van der Waals surface area contributed by atoms with Gasteiger partial charge >= 0.3 is 5.97 Å². The Labute approximate surface area is 107 Å². The number of fused-ring (bicyclic) bond motifs is 1. The van der Waals surface area contributed by atoms with Crippen LogP contribution in [0.5, 0.6) is 0 Å². The summed E-state index contributed by atoms with van der Waals surface area (Å²) in [6.45, 7) is 2.65. The fourth-order valence-corrected chi connectivity index (χ4v) is 2.80. The molecule has 0 bridgehead atoms. The number of carboxylic acid groups (broad SMARTS) is 1. The summed E-state index contributed by atoms with van der Waals surface area (Å²) in [5.74, 6) is -1.12. The van der Waals surface area contributed by atoms with Crippen molar-refractivity contribution >= 4 is 21.9 Å². The van der Waals surface area contributed by atoms with Crippen LogP contribution in [0.4, 0.5) is 0 Å². The number of aromatic nitrogens is 1.